The third kappa shape index (κ3) is 3.31. The summed E-state index contributed by atoms with van der Waals surface area (Å²) < 4.78 is 57.8. The van der Waals surface area contributed by atoms with Crippen LogP contribution in [0.25, 0.3) is 10.9 Å². The summed E-state index contributed by atoms with van der Waals surface area (Å²) in [6.07, 6.45) is 0.526. The first kappa shape index (κ1) is 18.8. The molecule has 4 aliphatic rings. The van der Waals surface area contributed by atoms with Crippen LogP contribution in [0.5, 0.6) is 6.01 Å². The molecule has 5 atom stereocenters. The van der Waals surface area contributed by atoms with E-state index in [2.05, 4.69) is 15.0 Å². The highest BCUT2D eigenvalue weighted by Crippen LogP contribution is 2.45. The number of alkyl halides is 2. The van der Waals surface area contributed by atoms with Crippen molar-refractivity contribution < 1.29 is 21.0 Å². The van der Waals surface area contributed by atoms with Crippen LogP contribution in [0.3, 0.4) is 0 Å². The van der Waals surface area contributed by atoms with Gasteiger partial charge in [-0.15, -0.1) is 0 Å². The largest absolute Gasteiger partial charge is 0.461 e. The van der Waals surface area contributed by atoms with Crippen molar-refractivity contribution in [2.75, 3.05) is 44.3 Å². The number of aromatic nitrogens is 3. The van der Waals surface area contributed by atoms with Crippen LogP contribution >= 0.6 is 23.2 Å². The second-order valence-corrected chi connectivity index (χ2v) is 9.64. The molecule has 0 amide bonds. The Bertz CT molecular complexity index is 1150. The Morgan fingerprint density at radius 2 is 2.19 bits per heavy atom. The number of nitrogens with zero attached hydrogens (tertiary/aromatic N) is 5. The molecular formula is C21H23Cl2F2N5O2. The zero-order valence-corrected chi connectivity index (χ0v) is 18.6. The van der Waals surface area contributed by atoms with Gasteiger partial charge in [-0.2, -0.15) is 9.97 Å². The summed E-state index contributed by atoms with van der Waals surface area (Å²) in [6.45, 7) is -0.409. The van der Waals surface area contributed by atoms with Crippen LogP contribution in [0.15, 0.2) is 6.20 Å². The lowest BCUT2D eigenvalue weighted by molar-refractivity contribution is 0.107. The van der Waals surface area contributed by atoms with Crippen molar-refractivity contribution in [2.24, 2.45) is 5.92 Å². The molecule has 0 N–H and O–H groups in total. The predicted octanol–water partition coefficient (Wildman–Crippen LogP) is 3.46. The molecule has 0 aromatic carbocycles. The summed E-state index contributed by atoms with van der Waals surface area (Å²) >= 11 is 12.5. The van der Waals surface area contributed by atoms with Gasteiger partial charge in [0.1, 0.15) is 40.4 Å². The van der Waals surface area contributed by atoms with Crippen LogP contribution in [0.2, 0.25) is 10.2 Å². The highest BCUT2D eigenvalue weighted by atomic mass is 35.5. The standard InChI is InChI=1S/C21H23Cl2F2N5O2/c22-14-16-12(7-26-18(14)23)19(30-4-5-31-9-13-15(25)17(13)30)28-20(27-16)32-10-21-2-1-3-29(21)8-11(24)6-21/h7,11,13,15,17H,1-6,8-10H2/t11-,13+,15+,17+,21+/m1/s1/i10D2. The van der Waals surface area contributed by atoms with Gasteiger partial charge in [0.2, 0.25) is 0 Å². The van der Waals surface area contributed by atoms with Gasteiger partial charge in [0, 0.05) is 31.6 Å². The Morgan fingerprint density at radius 1 is 1.31 bits per heavy atom. The molecule has 0 bridgehead atoms. The maximum absolute atomic E-state index is 14.5. The molecule has 4 fully saturated rings. The van der Waals surface area contributed by atoms with E-state index in [0.717, 1.165) is 6.42 Å². The Morgan fingerprint density at radius 3 is 3.06 bits per heavy atom. The first-order chi connectivity index (χ1) is 16.2. The van der Waals surface area contributed by atoms with Gasteiger partial charge in [-0.05, 0) is 19.4 Å². The van der Waals surface area contributed by atoms with Gasteiger partial charge >= 0.3 is 6.01 Å². The summed E-state index contributed by atoms with van der Waals surface area (Å²) in [4.78, 5) is 16.6. The van der Waals surface area contributed by atoms with Crippen LogP contribution in [-0.4, -0.2) is 83.2 Å². The van der Waals surface area contributed by atoms with Crippen LogP contribution in [0.4, 0.5) is 14.6 Å². The van der Waals surface area contributed by atoms with Crippen molar-refractivity contribution >= 4 is 39.9 Å². The van der Waals surface area contributed by atoms with E-state index >= 15 is 0 Å². The average molecular weight is 488 g/mol. The SMILES string of the molecule is [2H]C([2H])(Oc1nc(N2CCOC[C@H]3[C@H](F)[C@H]32)c2cnc(Cl)c(Cl)c2n1)[C@@]12CCCN1C[C@H](F)C2. The van der Waals surface area contributed by atoms with Crippen molar-refractivity contribution in [3.05, 3.63) is 16.4 Å². The van der Waals surface area contributed by atoms with E-state index in [0.29, 0.717) is 43.9 Å². The molecule has 2 aromatic rings. The summed E-state index contributed by atoms with van der Waals surface area (Å²) in [5, 5.41) is 0.539. The van der Waals surface area contributed by atoms with E-state index in [-0.39, 0.29) is 40.6 Å². The fraction of sp³-hybridized carbons (Fsp3) is 0.667. The number of ether oxygens (including phenoxy) is 2. The van der Waals surface area contributed by atoms with Crippen molar-refractivity contribution in [3.8, 4) is 6.01 Å². The number of hydrogen-bond acceptors (Lipinski definition) is 7. The summed E-state index contributed by atoms with van der Waals surface area (Å²) in [7, 11) is 0. The molecule has 7 nitrogen and oxygen atoms in total. The van der Waals surface area contributed by atoms with Crippen LogP contribution in [0.1, 0.15) is 22.0 Å². The fourth-order valence-electron chi connectivity index (χ4n) is 5.35. The molecule has 0 spiro atoms. The minimum absolute atomic E-state index is 0.0243. The number of rotatable bonds is 4. The zero-order chi connectivity index (χ0) is 23.8. The minimum Gasteiger partial charge on any atom is -0.461 e. The normalized spacial score (nSPS) is 35.8. The van der Waals surface area contributed by atoms with Gasteiger partial charge < -0.3 is 14.4 Å². The van der Waals surface area contributed by atoms with Crippen molar-refractivity contribution in [3.63, 3.8) is 0 Å². The lowest BCUT2D eigenvalue weighted by Crippen LogP contribution is -2.43. The van der Waals surface area contributed by atoms with Gasteiger partial charge in [0.05, 0.1) is 32.9 Å². The smallest absolute Gasteiger partial charge is 0.319 e. The molecule has 2 aromatic heterocycles. The molecule has 6 rings (SSSR count). The molecule has 1 saturated carbocycles. The maximum Gasteiger partial charge on any atom is 0.319 e. The second kappa shape index (κ2) is 7.75. The van der Waals surface area contributed by atoms with E-state index in [1.165, 1.54) is 6.20 Å². The van der Waals surface area contributed by atoms with E-state index in [9.17, 15) is 8.78 Å². The number of pyridine rings is 1. The Kier molecular flexibility index (Phi) is 4.56. The summed E-state index contributed by atoms with van der Waals surface area (Å²) in [6, 6.07) is -0.691. The van der Waals surface area contributed by atoms with Crippen LogP contribution in [-0.2, 0) is 4.74 Å². The van der Waals surface area contributed by atoms with Gasteiger partial charge in [0.25, 0.3) is 0 Å². The van der Waals surface area contributed by atoms with E-state index in [4.69, 9.17) is 35.4 Å². The first-order valence-electron chi connectivity index (χ1n) is 11.8. The topological polar surface area (TPSA) is 63.6 Å². The first-order valence-corrected chi connectivity index (χ1v) is 11.6. The number of fused-ring (bicyclic) bond motifs is 3. The minimum atomic E-state index is -2.27. The summed E-state index contributed by atoms with van der Waals surface area (Å²) in [5.74, 6) is 0.0584. The predicted molar refractivity (Wildman–Crippen MR) is 116 cm³/mol. The number of hydrogen-bond donors (Lipinski definition) is 0. The second-order valence-electron chi connectivity index (χ2n) is 8.91. The van der Waals surface area contributed by atoms with Crippen molar-refractivity contribution in [1.82, 2.24) is 19.9 Å². The van der Waals surface area contributed by atoms with Crippen LogP contribution in [0, 0.1) is 5.92 Å². The van der Waals surface area contributed by atoms with Gasteiger partial charge in [-0.1, -0.05) is 23.2 Å². The third-order valence-corrected chi connectivity index (χ3v) is 7.73. The maximum atomic E-state index is 14.5. The van der Waals surface area contributed by atoms with Gasteiger partial charge in [-0.3, -0.25) is 4.90 Å². The van der Waals surface area contributed by atoms with Crippen LogP contribution < -0.4 is 9.64 Å². The third-order valence-electron chi connectivity index (χ3n) is 6.99. The molecule has 3 aliphatic heterocycles. The fourth-order valence-corrected chi connectivity index (χ4v) is 5.68. The highest BCUT2D eigenvalue weighted by Gasteiger charge is 2.56. The monoisotopic (exact) mass is 487 g/mol. The molecule has 3 saturated heterocycles. The number of anilines is 1. The average Bonchev–Trinajstić information content (AvgIpc) is 3.14. The van der Waals surface area contributed by atoms with E-state index in [1.807, 2.05) is 4.90 Å². The Hall–Kier alpha value is -1.55. The molecule has 0 unspecified atom stereocenters. The molecule has 1 aliphatic carbocycles. The molecule has 32 heavy (non-hydrogen) atoms. The van der Waals surface area contributed by atoms with E-state index in [1.54, 1.807) is 4.90 Å². The quantitative estimate of drug-likeness (QED) is 0.611. The Balaban J connectivity index is 1.44. The molecule has 11 heteroatoms. The number of halogens is 4. The van der Waals surface area contributed by atoms with Gasteiger partial charge in [-0.25, -0.2) is 13.8 Å². The molecular weight excluding hydrogens is 463 g/mol. The van der Waals surface area contributed by atoms with E-state index < -0.39 is 30.5 Å². The highest BCUT2D eigenvalue weighted by molar-refractivity contribution is 6.44. The lowest BCUT2D eigenvalue weighted by atomic mass is 9.95. The van der Waals surface area contributed by atoms with Crippen molar-refractivity contribution in [1.29, 1.82) is 0 Å². The molecule has 0 radical (unpaired) electrons. The van der Waals surface area contributed by atoms with Gasteiger partial charge in [0.15, 0.2) is 0 Å². The van der Waals surface area contributed by atoms with Crippen molar-refractivity contribution in [2.45, 2.75) is 43.2 Å². The lowest BCUT2D eigenvalue weighted by Gasteiger charge is -2.31. The Labute approximate surface area is 196 Å². The molecule has 172 valence electrons. The zero-order valence-electron chi connectivity index (χ0n) is 19.1. The molecule has 5 heterocycles. The summed E-state index contributed by atoms with van der Waals surface area (Å²) in [5.41, 5.74) is -0.877.